The van der Waals surface area contributed by atoms with Crippen molar-refractivity contribution >= 4 is 23.5 Å². The fraction of sp³-hybridized carbons (Fsp3) is 0.294. The predicted octanol–water partition coefficient (Wildman–Crippen LogP) is 2.60. The Hall–Kier alpha value is -2.51. The number of amides is 1. The first-order chi connectivity index (χ1) is 11.9. The number of aromatic hydroxyl groups is 1. The molecule has 2 rings (SSSR count). The number of methoxy groups -OCH3 is 2. The van der Waals surface area contributed by atoms with Crippen molar-refractivity contribution in [1.29, 1.82) is 0 Å². The Bertz CT molecular complexity index is 757. The van der Waals surface area contributed by atoms with Crippen LogP contribution in [0.15, 0.2) is 34.7 Å². The number of hydrogen-bond acceptors (Lipinski definition) is 6. The number of phenolic OH excluding ortho intramolecular Hbond substituents is 1. The van der Waals surface area contributed by atoms with Crippen molar-refractivity contribution in [3.8, 4) is 5.75 Å². The number of hydrogen-bond donors (Lipinski definition) is 1. The van der Waals surface area contributed by atoms with E-state index in [4.69, 9.17) is 20.8 Å². The van der Waals surface area contributed by atoms with Gasteiger partial charge in [0, 0.05) is 17.7 Å². The summed E-state index contributed by atoms with van der Waals surface area (Å²) in [4.78, 5) is 25.5. The van der Waals surface area contributed by atoms with E-state index >= 15 is 0 Å². The van der Waals surface area contributed by atoms with E-state index in [9.17, 15) is 14.7 Å². The number of esters is 1. The third-order valence-electron chi connectivity index (χ3n) is 3.40. The molecule has 0 aliphatic heterocycles. The van der Waals surface area contributed by atoms with Gasteiger partial charge in [0.05, 0.1) is 13.7 Å². The van der Waals surface area contributed by atoms with Crippen LogP contribution in [0, 0.1) is 0 Å². The van der Waals surface area contributed by atoms with Crippen LogP contribution in [0.1, 0.15) is 21.9 Å². The molecule has 134 valence electrons. The van der Waals surface area contributed by atoms with E-state index in [1.165, 1.54) is 43.4 Å². The van der Waals surface area contributed by atoms with E-state index in [1.807, 2.05) is 0 Å². The van der Waals surface area contributed by atoms with Crippen LogP contribution in [0.5, 0.6) is 5.75 Å². The van der Waals surface area contributed by atoms with Crippen LogP contribution in [-0.4, -0.2) is 42.6 Å². The predicted molar refractivity (Wildman–Crippen MR) is 89.3 cm³/mol. The molecule has 7 nitrogen and oxygen atoms in total. The Morgan fingerprint density at radius 1 is 1.24 bits per heavy atom. The Labute approximate surface area is 149 Å². The smallest absolute Gasteiger partial charge is 0.325 e. The molecule has 0 aliphatic rings. The summed E-state index contributed by atoms with van der Waals surface area (Å²) < 4.78 is 15.0. The fourth-order valence-corrected chi connectivity index (χ4v) is 2.37. The van der Waals surface area contributed by atoms with Gasteiger partial charge in [-0.3, -0.25) is 9.59 Å². The van der Waals surface area contributed by atoms with Gasteiger partial charge >= 0.3 is 5.97 Å². The molecule has 0 fully saturated rings. The van der Waals surface area contributed by atoms with Gasteiger partial charge in [-0.1, -0.05) is 11.6 Å². The van der Waals surface area contributed by atoms with Crippen LogP contribution in [0.2, 0.25) is 5.02 Å². The number of furan rings is 1. The molecular weight excluding hydrogens is 350 g/mol. The summed E-state index contributed by atoms with van der Waals surface area (Å²) in [5, 5.41) is 10.4. The quantitative estimate of drug-likeness (QED) is 0.756. The van der Waals surface area contributed by atoms with Crippen molar-refractivity contribution in [2.24, 2.45) is 0 Å². The molecule has 2 aromatic rings. The minimum absolute atomic E-state index is 0.0356. The normalized spacial score (nSPS) is 10.5. The van der Waals surface area contributed by atoms with Crippen LogP contribution in [0.3, 0.4) is 0 Å². The monoisotopic (exact) mass is 367 g/mol. The van der Waals surface area contributed by atoms with Crippen LogP contribution >= 0.6 is 11.6 Å². The van der Waals surface area contributed by atoms with E-state index in [1.54, 1.807) is 6.07 Å². The van der Waals surface area contributed by atoms with Gasteiger partial charge < -0.3 is 23.9 Å². The Morgan fingerprint density at radius 3 is 2.68 bits per heavy atom. The third kappa shape index (κ3) is 4.98. The molecule has 0 saturated heterocycles. The number of carbonyl (C=O) groups is 2. The van der Waals surface area contributed by atoms with E-state index in [0.29, 0.717) is 16.3 Å². The van der Waals surface area contributed by atoms with Crippen molar-refractivity contribution in [3.63, 3.8) is 0 Å². The Morgan fingerprint density at radius 2 is 2.00 bits per heavy atom. The van der Waals surface area contributed by atoms with Gasteiger partial charge in [-0.05, 0) is 30.3 Å². The van der Waals surface area contributed by atoms with Crippen molar-refractivity contribution in [3.05, 3.63) is 52.4 Å². The van der Waals surface area contributed by atoms with Crippen LogP contribution in [-0.2, 0) is 27.4 Å². The molecule has 1 heterocycles. The van der Waals surface area contributed by atoms with E-state index < -0.39 is 11.9 Å². The van der Waals surface area contributed by atoms with Gasteiger partial charge in [-0.2, -0.15) is 0 Å². The van der Waals surface area contributed by atoms with Crippen molar-refractivity contribution in [1.82, 2.24) is 4.90 Å². The summed E-state index contributed by atoms with van der Waals surface area (Å²) in [6.07, 6.45) is 0. The molecule has 0 saturated carbocycles. The molecular formula is C17H18ClNO6. The minimum Gasteiger partial charge on any atom is -0.508 e. The maximum atomic E-state index is 12.7. The molecule has 1 N–H and O–H groups in total. The fourth-order valence-electron chi connectivity index (χ4n) is 2.17. The highest BCUT2D eigenvalue weighted by Gasteiger charge is 2.23. The van der Waals surface area contributed by atoms with E-state index in [2.05, 4.69) is 4.74 Å². The second kappa shape index (κ2) is 8.55. The summed E-state index contributed by atoms with van der Waals surface area (Å²) in [6, 6.07) is 7.58. The van der Waals surface area contributed by atoms with E-state index in [-0.39, 0.29) is 31.2 Å². The number of benzene rings is 1. The maximum absolute atomic E-state index is 12.7. The molecule has 8 heteroatoms. The Kier molecular flexibility index (Phi) is 6.44. The highest BCUT2D eigenvalue weighted by Crippen LogP contribution is 2.24. The summed E-state index contributed by atoms with van der Waals surface area (Å²) in [5.74, 6) is -0.621. The summed E-state index contributed by atoms with van der Waals surface area (Å²) in [5.41, 5.74) is 0.397. The van der Waals surface area contributed by atoms with Gasteiger partial charge in [0.15, 0.2) is 5.76 Å². The number of ether oxygens (including phenoxy) is 2. The van der Waals surface area contributed by atoms with Gasteiger partial charge in [0.25, 0.3) is 5.91 Å². The molecule has 1 amide bonds. The molecule has 0 aliphatic carbocycles. The zero-order valence-electron chi connectivity index (χ0n) is 13.8. The molecule has 0 atom stereocenters. The average molecular weight is 368 g/mol. The molecule has 0 unspecified atom stereocenters. The van der Waals surface area contributed by atoms with Gasteiger partial charge in [0.2, 0.25) is 0 Å². The highest BCUT2D eigenvalue weighted by atomic mass is 35.5. The topological polar surface area (TPSA) is 89.2 Å². The first-order valence-electron chi connectivity index (χ1n) is 7.35. The third-order valence-corrected chi connectivity index (χ3v) is 3.63. The van der Waals surface area contributed by atoms with Gasteiger partial charge in [-0.25, -0.2) is 0 Å². The van der Waals surface area contributed by atoms with Gasteiger partial charge in [-0.15, -0.1) is 0 Å². The minimum atomic E-state index is -0.599. The van der Waals surface area contributed by atoms with Crippen molar-refractivity contribution in [2.75, 3.05) is 20.8 Å². The second-order valence-electron chi connectivity index (χ2n) is 5.21. The molecule has 1 aromatic carbocycles. The molecule has 1 aromatic heterocycles. The van der Waals surface area contributed by atoms with Crippen LogP contribution in [0.4, 0.5) is 0 Å². The van der Waals surface area contributed by atoms with Gasteiger partial charge in [0.1, 0.15) is 24.7 Å². The largest absolute Gasteiger partial charge is 0.508 e. The number of halogens is 1. The highest BCUT2D eigenvalue weighted by molar-refractivity contribution is 6.30. The molecule has 0 spiro atoms. The lowest BCUT2D eigenvalue weighted by atomic mass is 10.2. The maximum Gasteiger partial charge on any atom is 0.325 e. The van der Waals surface area contributed by atoms with Crippen molar-refractivity contribution in [2.45, 2.75) is 13.2 Å². The lowest BCUT2D eigenvalue weighted by Crippen LogP contribution is -2.35. The van der Waals surface area contributed by atoms with Crippen molar-refractivity contribution < 1.29 is 28.6 Å². The molecule has 25 heavy (non-hydrogen) atoms. The van der Waals surface area contributed by atoms with E-state index in [0.717, 1.165) is 0 Å². The lowest BCUT2D eigenvalue weighted by molar-refractivity contribution is -0.141. The zero-order chi connectivity index (χ0) is 18.4. The van der Waals surface area contributed by atoms with Crippen LogP contribution in [0.25, 0.3) is 0 Å². The second-order valence-corrected chi connectivity index (χ2v) is 5.65. The van der Waals surface area contributed by atoms with Crippen LogP contribution < -0.4 is 0 Å². The first kappa shape index (κ1) is 18.8. The number of rotatable bonds is 7. The lowest BCUT2D eigenvalue weighted by Gasteiger charge is -2.21. The molecule has 0 bridgehead atoms. The summed E-state index contributed by atoms with van der Waals surface area (Å²) >= 11 is 5.93. The Balaban J connectivity index is 2.26. The zero-order valence-corrected chi connectivity index (χ0v) is 14.6. The standard InChI is InChI=1S/C17H18ClNO6/c1-23-10-13-4-6-15(25-13)17(22)19(9-16(21)24-2)8-11-7-12(18)3-5-14(11)20/h3-7,20H,8-10H2,1-2H3. The average Bonchev–Trinajstić information content (AvgIpc) is 3.05. The number of carbonyl (C=O) groups excluding carboxylic acids is 2. The SMILES string of the molecule is COCc1ccc(C(=O)N(CC(=O)OC)Cc2cc(Cl)ccc2O)o1. The number of nitrogens with zero attached hydrogens (tertiary/aromatic N) is 1. The summed E-state index contributed by atoms with van der Waals surface area (Å²) in [6.45, 7) is -0.123. The number of phenols is 1. The first-order valence-corrected chi connectivity index (χ1v) is 7.73. The summed E-state index contributed by atoms with van der Waals surface area (Å²) in [7, 11) is 2.74. The molecule has 0 radical (unpaired) electrons.